The van der Waals surface area contributed by atoms with Crippen LogP contribution >= 0.6 is 0 Å². The molecule has 0 unspecified atom stereocenters. The number of hydrogen-bond donors (Lipinski definition) is 2. The van der Waals surface area contributed by atoms with Crippen molar-refractivity contribution in [3.05, 3.63) is 42.0 Å². The van der Waals surface area contributed by atoms with Crippen molar-refractivity contribution in [2.24, 2.45) is 4.99 Å². The Hall–Kier alpha value is -2.66. The fraction of sp³-hybridized carbons (Fsp3) is 0.417. The van der Waals surface area contributed by atoms with Crippen LogP contribution in [0.25, 0.3) is 11.1 Å². The van der Waals surface area contributed by atoms with Crippen LogP contribution in [0.1, 0.15) is 44.1 Å². The Kier molecular flexibility index (Phi) is 7.82. The van der Waals surface area contributed by atoms with Crippen molar-refractivity contribution < 1.29 is 9.53 Å². The van der Waals surface area contributed by atoms with E-state index in [1.807, 2.05) is 25.2 Å². The fourth-order valence-corrected chi connectivity index (χ4v) is 3.92. The average molecular weight is 394 g/mol. The van der Waals surface area contributed by atoms with Crippen LogP contribution in [0.4, 0.5) is 11.4 Å². The summed E-state index contributed by atoms with van der Waals surface area (Å²) in [6, 6.07) is 12.8. The van der Waals surface area contributed by atoms with Crippen molar-refractivity contribution in [1.29, 1.82) is 0 Å². The molecule has 0 bridgehead atoms. The van der Waals surface area contributed by atoms with Gasteiger partial charge in [-0.05, 0) is 66.9 Å². The average Bonchev–Trinajstić information content (AvgIpc) is 2.78. The first-order valence-corrected chi connectivity index (χ1v) is 10.5. The van der Waals surface area contributed by atoms with E-state index in [2.05, 4.69) is 40.5 Å². The minimum atomic E-state index is 0.485. The summed E-state index contributed by atoms with van der Waals surface area (Å²) < 4.78 is 5.94. The maximum absolute atomic E-state index is 10.8. The van der Waals surface area contributed by atoms with Gasteiger partial charge in [-0.2, -0.15) is 0 Å². The Balaban J connectivity index is 1.72. The summed E-state index contributed by atoms with van der Waals surface area (Å²) in [5.41, 5.74) is 5.05. The molecule has 2 N–H and O–H groups in total. The van der Waals surface area contributed by atoms with Crippen LogP contribution in [0.15, 0.2) is 41.4 Å². The molecule has 0 aliphatic heterocycles. The standard InChI is InChI=1S/C24H31N3O2/c1-25-22-12-10-18(15-20(22)7-6-14-28)19-11-13-24(23(16-19)26-2)29-17-27-21-8-4-3-5-9-21/h10-16,21,25,27H,2-9,17H2,1H3. The van der Waals surface area contributed by atoms with Crippen LogP contribution in [0.2, 0.25) is 0 Å². The molecule has 0 amide bonds. The van der Waals surface area contributed by atoms with Crippen molar-refractivity contribution in [3.8, 4) is 16.9 Å². The molecule has 1 aliphatic rings. The Bertz CT molecular complexity index is 829. The van der Waals surface area contributed by atoms with Gasteiger partial charge in [0.05, 0.1) is 0 Å². The van der Waals surface area contributed by atoms with Crippen LogP contribution in [0.5, 0.6) is 5.75 Å². The third kappa shape index (κ3) is 5.67. The van der Waals surface area contributed by atoms with Crippen LogP contribution < -0.4 is 15.4 Å². The number of hydrogen-bond acceptors (Lipinski definition) is 5. The number of aldehydes is 1. The van der Waals surface area contributed by atoms with Crippen molar-refractivity contribution >= 4 is 24.4 Å². The lowest BCUT2D eigenvalue weighted by atomic mass is 9.96. The van der Waals surface area contributed by atoms with Gasteiger partial charge in [0.2, 0.25) is 0 Å². The SMILES string of the molecule is C=Nc1cc(-c2ccc(NC)c(CCC=O)c2)ccc1OCNC1CCCCC1. The summed E-state index contributed by atoms with van der Waals surface area (Å²) >= 11 is 0. The number of anilines is 1. The second-order valence-electron chi connectivity index (χ2n) is 7.50. The van der Waals surface area contributed by atoms with E-state index in [-0.39, 0.29) is 0 Å². The molecule has 1 aliphatic carbocycles. The highest BCUT2D eigenvalue weighted by molar-refractivity contribution is 5.74. The second kappa shape index (κ2) is 10.8. The van der Waals surface area contributed by atoms with Gasteiger partial charge in [0, 0.05) is 25.2 Å². The smallest absolute Gasteiger partial charge is 0.146 e. The third-order valence-electron chi connectivity index (χ3n) is 5.57. The molecule has 1 fully saturated rings. The number of aliphatic imine (C=N–C) groups is 1. The zero-order valence-corrected chi connectivity index (χ0v) is 17.2. The van der Waals surface area contributed by atoms with E-state index in [1.165, 1.54) is 32.1 Å². The molecule has 0 aromatic heterocycles. The first-order chi connectivity index (χ1) is 14.2. The summed E-state index contributed by atoms with van der Waals surface area (Å²) in [5, 5.41) is 6.68. The second-order valence-corrected chi connectivity index (χ2v) is 7.50. The summed E-state index contributed by atoms with van der Waals surface area (Å²) in [6.45, 7) is 4.20. The molecule has 1 saturated carbocycles. The molecule has 0 radical (unpaired) electrons. The van der Waals surface area contributed by atoms with E-state index in [0.29, 0.717) is 25.6 Å². The lowest BCUT2D eigenvalue weighted by molar-refractivity contribution is -0.107. The van der Waals surface area contributed by atoms with Crippen LogP contribution in [0.3, 0.4) is 0 Å². The monoisotopic (exact) mass is 393 g/mol. The number of rotatable bonds is 10. The normalized spacial score (nSPS) is 14.4. The highest BCUT2D eigenvalue weighted by Gasteiger charge is 2.13. The number of carbonyl (C=O) groups excluding carboxylic acids is 1. The summed E-state index contributed by atoms with van der Waals surface area (Å²) in [6.07, 6.45) is 8.58. The van der Waals surface area contributed by atoms with E-state index < -0.39 is 0 Å². The number of nitrogens with zero attached hydrogens (tertiary/aromatic N) is 1. The first-order valence-electron chi connectivity index (χ1n) is 10.5. The molecule has 5 heteroatoms. The predicted octanol–water partition coefficient (Wildman–Crippen LogP) is 5.12. The molecular formula is C24H31N3O2. The van der Waals surface area contributed by atoms with Crippen molar-refractivity contribution in [1.82, 2.24) is 5.32 Å². The van der Waals surface area contributed by atoms with E-state index in [1.54, 1.807) is 0 Å². The molecule has 0 saturated heterocycles. The maximum Gasteiger partial charge on any atom is 0.146 e. The zero-order valence-electron chi connectivity index (χ0n) is 17.2. The Morgan fingerprint density at radius 1 is 1.14 bits per heavy atom. The lowest BCUT2D eigenvalue weighted by Crippen LogP contribution is -2.33. The van der Waals surface area contributed by atoms with Gasteiger partial charge in [0.15, 0.2) is 0 Å². The topological polar surface area (TPSA) is 62.7 Å². The highest BCUT2D eigenvalue weighted by Crippen LogP contribution is 2.34. The van der Waals surface area contributed by atoms with E-state index >= 15 is 0 Å². The number of carbonyl (C=O) groups is 1. The lowest BCUT2D eigenvalue weighted by Gasteiger charge is -2.23. The largest absolute Gasteiger partial charge is 0.476 e. The Morgan fingerprint density at radius 3 is 2.62 bits per heavy atom. The van der Waals surface area contributed by atoms with E-state index in [0.717, 1.165) is 40.1 Å². The Labute approximate surface area is 173 Å². The molecule has 0 atom stereocenters. The minimum Gasteiger partial charge on any atom is -0.476 e. The Morgan fingerprint density at radius 2 is 1.90 bits per heavy atom. The van der Waals surface area contributed by atoms with Crippen molar-refractivity contribution in [2.45, 2.75) is 51.0 Å². The third-order valence-corrected chi connectivity index (χ3v) is 5.57. The van der Waals surface area contributed by atoms with Gasteiger partial charge in [0.1, 0.15) is 24.5 Å². The van der Waals surface area contributed by atoms with Gasteiger partial charge < -0.3 is 14.8 Å². The zero-order chi connectivity index (χ0) is 20.5. The van der Waals surface area contributed by atoms with Crippen LogP contribution in [-0.2, 0) is 11.2 Å². The van der Waals surface area contributed by atoms with Crippen LogP contribution in [0, 0.1) is 0 Å². The minimum absolute atomic E-state index is 0.485. The summed E-state index contributed by atoms with van der Waals surface area (Å²) in [5.74, 6) is 0.736. The molecule has 5 nitrogen and oxygen atoms in total. The number of nitrogens with one attached hydrogen (secondary N) is 2. The fourth-order valence-electron chi connectivity index (χ4n) is 3.92. The quantitative estimate of drug-likeness (QED) is 0.334. The number of ether oxygens (including phenoxy) is 1. The van der Waals surface area contributed by atoms with Gasteiger partial charge in [-0.3, -0.25) is 10.3 Å². The van der Waals surface area contributed by atoms with Gasteiger partial charge in [0.25, 0.3) is 0 Å². The molecular weight excluding hydrogens is 362 g/mol. The van der Waals surface area contributed by atoms with Crippen molar-refractivity contribution in [2.75, 3.05) is 19.1 Å². The summed E-state index contributed by atoms with van der Waals surface area (Å²) in [7, 11) is 1.90. The molecule has 3 rings (SSSR count). The van der Waals surface area contributed by atoms with E-state index in [4.69, 9.17) is 4.74 Å². The molecule has 154 valence electrons. The molecule has 2 aromatic carbocycles. The van der Waals surface area contributed by atoms with Gasteiger partial charge >= 0.3 is 0 Å². The number of aryl methyl sites for hydroxylation is 1. The first kappa shape index (κ1) is 21.1. The van der Waals surface area contributed by atoms with Gasteiger partial charge in [-0.15, -0.1) is 0 Å². The molecule has 2 aromatic rings. The predicted molar refractivity (Wildman–Crippen MR) is 121 cm³/mol. The van der Waals surface area contributed by atoms with Crippen LogP contribution in [-0.4, -0.2) is 32.8 Å². The van der Waals surface area contributed by atoms with E-state index in [9.17, 15) is 4.79 Å². The molecule has 29 heavy (non-hydrogen) atoms. The number of benzene rings is 2. The summed E-state index contributed by atoms with van der Waals surface area (Å²) in [4.78, 5) is 14.9. The van der Waals surface area contributed by atoms with Gasteiger partial charge in [-0.1, -0.05) is 31.4 Å². The molecule has 0 spiro atoms. The van der Waals surface area contributed by atoms with Gasteiger partial charge in [-0.25, -0.2) is 0 Å². The highest BCUT2D eigenvalue weighted by atomic mass is 16.5. The molecule has 0 heterocycles. The maximum atomic E-state index is 10.8. The van der Waals surface area contributed by atoms with Crippen molar-refractivity contribution in [3.63, 3.8) is 0 Å².